The second kappa shape index (κ2) is 11.7. The molecule has 6 rings (SSSR count). The van der Waals surface area contributed by atoms with E-state index >= 15 is 8.78 Å². The number of nitrogens with zero attached hydrogens (tertiary/aromatic N) is 4. The molecule has 0 spiro atoms. The molecule has 3 heterocycles. The topological polar surface area (TPSA) is 83.3 Å². The summed E-state index contributed by atoms with van der Waals surface area (Å²) in [6.45, 7) is 6.67. The van der Waals surface area contributed by atoms with Crippen molar-refractivity contribution in [2.45, 2.75) is 57.4 Å². The van der Waals surface area contributed by atoms with Crippen molar-refractivity contribution >= 4 is 17.1 Å². The van der Waals surface area contributed by atoms with Gasteiger partial charge in [0, 0.05) is 6.42 Å². The van der Waals surface area contributed by atoms with Crippen LogP contribution in [-0.2, 0) is 10.3 Å². The predicted octanol–water partition coefficient (Wildman–Crippen LogP) is 7.61. The number of ether oxygens (including phenoxy) is 3. The Bertz CT molecular complexity index is 1730. The molecule has 8 nitrogen and oxygen atoms in total. The van der Waals surface area contributed by atoms with Crippen LogP contribution in [0.1, 0.15) is 57.0 Å². The lowest BCUT2D eigenvalue weighted by Gasteiger charge is -2.37. The van der Waals surface area contributed by atoms with Gasteiger partial charge in [0.2, 0.25) is 17.7 Å². The van der Waals surface area contributed by atoms with Crippen molar-refractivity contribution in [3.05, 3.63) is 108 Å². The molecule has 10 heteroatoms. The van der Waals surface area contributed by atoms with Crippen molar-refractivity contribution in [3.63, 3.8) is 0 Å². The predicted molar refractivity (Wildman–Crippen MR) is 169 cm³/mol. The summed E-state index contributed by atoms with van der Waals surface area (Å²) in [7, 11) is 1.63. The SMILES string of the molecule is CCOc1nc(NC(c2ccccc2)(c2ccccc2)c2ccc(OC)cc2)nc2c1ncn2[C@H]1O[C@](F)(CC)[C@@H](C)[C@@]1(C)F. The number of imidazole rings is 1. The van der Waals surface area contributed by atoms with Crippen LogP contribution in [-0.4, -0.2) is 44.8 Å². The summed E-state index contributed by atoms with van der Waals surface area (Å²) in [4.78, 5) is 14.1. The van der Waals surface area contributed by atoms with Crippen LogP contribution in [0.15, 0.2) is 91.3 Å². The Kier molecular flexibility index (Phi) is 7.95. The van der Waals surface area contributed by atoms with Gasteiger partial charge in [0.25, 0.3) is 0 Å². The first-order chi connectivity index (χ1) is 21.7. The van der Waals surface area contributed by atoms with Gasteiger partial charge >= 0.3 is 0 Å². The zero-order chi connectivity index (χ0) is 31.8. The molecule has 1 fully saturated rings. The average molecular weight is 614 g/mol. The summed E-state index contributed by atoms with van der Waals surface area (Å²) in [6, 6.07) is 27.7. The molecule has 1 N–H and O–H groups in total. The lowest BCUT2D eigenvalue weighted by atomic mass is 9.77. The Morgan fingerprint density at radius 2 is 1.51 bits per heavy atom. The fraction of sp³-hybridized carbons (Fsp3) is 0.343. The van der Waals surface area contributed by atoms with Gasteiger partial charge in [-0.2, -0.15) is 9.97 Å². The highest BCUT2D eigenvalue weighted by Crippen LogP contribution is 2.53. The molecule has 4 atom stereocenters. The molecule has 0 unspecified atom stereocenters. The van der Waals surface area contributed by atoms with Crippen LogP contribution >= 0.6 is 0 Å². The standard InChI is InChI=1S/C35H37F2N5O3/c1-6-34(37)23(3)33(4,36)31(45-34)42-22-38-28-29(42)39-32(40-30(28)44-7-2)41-35(24-14-10-8-11-15-24,25-16-12-9-13-17-25)26-18-20-27(43-5)21-19-26/h8-23,31H,6-7H2,1-5H3,(H,39,40,41)/t23-,31-,33+,34+/m0/s1. The molecule has 5 aromatic rings. The number of halogens is 2. The summed E-state index contributed by atoms with van der Waals surface area (Å²) in [6.07, 6.45) is 0.101. The van der Waals surface area contributed by atoms with Gasteiger partial charge < -0.3 is 19.5 Å². The molecule has 1 saturated heterocycles. The number of rotatable bonds is 10. The first-order valence-electron chi connectivity index (χ1n) is 15.1. The molecular weight excluding hydrogens is 576 g/mol. The second-order valence-corrected chi connectivity index (χ2v) is 11.4. The zero-order valence-corrected chi connectivity index (χ0v) is 26.0. The smallest absolute Gasteiger partial charge is 0.247 e. The van der Waals surface area contributed by atoms with E-state index in [2.05, 4.69) is 10.3 Å². The second-order valence-electron chi connectivity index (χ2n) is 11.4. The van der Waals surface area contributed by atoms with Crippen LogP contribution < -0.4 is 14.8 Å². The fourth-order valence-corrected chi connectivity index (χ4v) is 6.21. The Hall–Kier alpha value is -4.57. The van der Waals surface area contributed by atoms with Gasteiger partial charge in [-0.25, -0.2) is 13.8 Å². The van der Waals surface area contributed by atoms with Gasteiger partial charge in [0.15, 0.2) is 23.1 Å². The summed E-state index contributed by atoms with van der Waals surface area (Å²) < 4.78 is 50.6. The molecule has 2 aromatic heterocycles. The molecule has 0 bridgehead atoms. The number of benzene rings is 3. The Morgan fingerprint density at radius 1 is 0.911 bits per heavy atom. The zero-order valence-electron chi connectivity index (χ0n) is 26.0. The van der Waals surface area contributed by atoms with E-state index in [1.807, 2.05) is 91.9 Å². The third-order valence-electron chi connectivity index (χ3n) is 8.92. The van der Waals surface area contributed by atoms with E-state index in [4.69, 9.17) is 24.2 Å². The largest absolute Gasteiger partial charge is 0.497 e. The molecule has 0 amide bonds. The van der Waals surface area contributed by atoms with E-state index in [1.165, 1.54) is 24.7 Å². The molecule has 0 aliphatic carbocycles. The molecule has 1 aliphatic rings. The molecule has 3 aromatic carbocycles. The lowest BCUT2D eigenvalue weighted by molar-refractivity contribution is -0.172. The van der Waals surface area contributed by atoms with E-state index < -0.39 is 29.2 Å². The minimum absolute atomic E-state index is 0.00131. The minimum atomic E-state index is -2.15. The monoisotopic (exact) mass is 613 g/mol. The summed E-state index contributed by atoms with van der Waals surface area (Å²) in [5.74, 6) is -2.05. The van der Waals surface area contributed by atoms with E-state index in [0.29, 0.717) is 17.9 Å². The fourth-order valence-electron chi connectivity index (χ4n) is 6.21. The molecule has 0 saturated carbocycles. The van der Waals surface area contributed by atoms with Crippen molar-refractivity contribution in [2.75, 3.05) is 19.0 Å². The number of hydrogen-bond donors (Lipinski definition) is 1. The van der Waals surface area contributed by atoms with Gasteiger partial charge in [-0.1, -0.05) is 86.6 Å². The normalized spacial score (nSPS) is 23.3. The van der Waals surface area contributed by atoms with Gasteiger partial charge in [0.05, 0.1) is 26.0 Å². The molecule has 1 aliphatic heterocycles. The van der Waals surface area contributed by atoms with Crippen molar-refractivity contribution < 1.29 is 23.0 Å². The molecule has 45 heavy (non-hydrogen) atoms. The number of aromatic nitrogens is 4. The number of alkyl halides is 2. The first-order valence-corrected chi connectivity index (χ1v) is 15.1. The van der Waals surface area contributed by atoms with Crippen molar-refractivity contribution in [3.8, 4) is 11.6 Å². The van der Waals surface area contributed by atoms with E-state index in [-0.39, 0.29) is 23.9 Å². The van der Waals surface area contributed by atoms with Crippen molar-refractivity contribution in [1.82, 2.24) is 19.5 Å². The molecule has 234 valence electrons. The average Bonchev–Trinajstić information content (AvgIpc) is 3.57. The van der Waals surface area contributed by atoms with Crippen LogP contribution in [0.2, 0.25) is 0 Å². The highest BCUT2D eigenvalue weighted by molar-refractivity contribution is 5.78. The van der Waals surface area contributed by atoms with Crippen LogP contribution in [0.5, 0.6) is 11.6 Å². The lowest BCUT2D eigenvalue weighted by Crippen LogP contribution is -2.39. The van der Waals surface area contributed by atoms with E-state index in [0.717, 1.165) is 16.7 Å². The van der Waals surface area contributed by atoms with Crippen LogP contribution in [0.25, 0.3) is 11.2 Å². The number of fused-ring (bicyclic) bond motifs is 1. The van der Waals surface area contributed by atoms with Crippen molar-refractivity contribution in [1.29, 1.82) is 0 Å². The highest BCUT2D eigenvalue weighted by Gasteiger charge is 2.61. The van der Waals surface area contributed by atoms with E-state index in [1.54, 1.807) is 14.0 Å². The summed E-state index contributed by atoms with van der Waals surface area (Å²) in [5, 5.41) is 3.64. The number of hydrogen-bond acceptors (Lipinski definition) is 7. The Labute approximate surface area is 261 Å². The maximum Gasteiger partial charge on any atom is 0.247 e. The summed E-state index contributed by atoms with van der Waals surface area (Å²) >= 11 is 0. The minimum Gasteiger partial charge on any atom is -0.497 e. The quantitative estimate of drug-likeness (QED) is 0.162. The number of methoxy groups -OCH3 is 1. The first kappa shape index (κ1) is 30.5. The van der Waals surface area contributed by atoms with Crippen LogP contribution in [0.4, 0.5) is 14.7 Å². The third kappa shape index (κ3) is 5.07. The van der Waals surface area contributed by atoms with Crippen LogP contribution in [0, 0.1) is 5.92 Å². The third-order valence-corrected chi connectivity index (χ3v) is 8.92. The van der Waals surface area contributed by atoms with Gasteiger partial charge in [-0.05, 0) is 42.7 Å². The number of anilines is 1. The van der Waals surface area contributed by atoms with Gasteiger partial charge in [-0.15, -0.1) is 0 Å². The number of nitrogens with one attached hydrogen (secondary N) is 1. The van der Waals surface area contributed by atoms with Gasteiger partial charge in [0.1, 0.15) is 11.3 Å². The van der Waals surface area contributed by atoms with Crippen LogP contribution in [0.3, 0.4) is 0 Å². The molecular formula is C35H37F2N5O3. The Balaban J connectivity index is 1.58. The maximum atomic E-state index is 16.3. The van der Waals surface area contributed by atoms with Crippen molar-refractivity contribution in [2.24, 2.45) is 5.92 Å². The maximum absolute atomic E-state index is 16.3. The van der Waals surface area contributed by atoms with Gasteiger partial charge in [-0.3, -0.25) is 4.57 Å². The molecule has 0 radical (unpaired) electrons. The summed E-state index contributed by atoms with van der Waals surface area (Å²) in [5.41, 5.74) is 0.269. The highest BCUT2D eigenvalue weighted by atomic mass is 19.2. The van der Waals surface area contributed by atoms with E-state index in [9.17, 15) is 0 Å². The Morgan fingerprint density at radius 3 is 2.04 bits per heavy atom.